The molecule has 2 N–H and O–H groups in total. The maximum absolute atomic E-state index is 14.3. The second-order valence-electron chi connectivity index (χ2n) is 22.6. The van der Waals surface area contributed by atoms with Crippen LogP contribution in [0.1, 0.15) is 159 Å². The molecule has 6 aliphatic carbocycles. The summed E-state index contributed by atoms with van der Waals surface area (Å²) in [5.41, 5.74) is -0.142. The molecule has 7 rings (SSSR count). The Labute approximate surface area is 347 Å². The second-order valence-corrected chi connectivity index (χ2v) is 22.6. The topological polar surface area (TPSA) is 142 Å². The zero-order valence-electron chi connectivity index (χ0n) is 37.2. The number of fused-ring (bicyclic) bond motifs is 7. The summed E-state index contributed by atoms with van der Waals surface area (Å²) in [6, 6.07) is 0. The van der Waals surface area contributed by atoms with E-state index in [-0.39, 0.29) is 76.7 Å². The lowest BCUT2D eigenvalue weighted by Gasteiger charge is -2.72. The van der Waals surface area contributed by atoms with Crippen LogP contribution < -0.4 is 0 Å². The molecule has 0 aromatic rings. The Bertz CT molecular complexity index is 1730. The smallest absolute Gasteiger partial charge is 0.309 e. The number of esters is 1. The summed E-state index contributed by atoms with van der Waals surface area (Å²) in [7, 11) is 0. The molecule has 5 saturated carbocycles. The molecule has 324 valence electrons. The number of aliphatic hydroxyl groups is 1. The number of nitrogens with zero attached hydrogens (tertiary/aromatic N) is 2. The molecule has 1 saturated heterocycles. The fourth-order valence-corrected chi connectivity index (χ4v) is 14.7. The van der Waals surface area contributed by atoms with Gasteiger partial charge in [0.05, 0.1) is 24.5 Å². The van der Waals surface area contributed by atoms with Gasteiger partial charge in [-0.3, -0.25) is 24.0 Å². The van der Waals surface area contributed by atoms with Crippen molar-refractivity contribution in [1.82, 2.24) is 9.80 Å². The molecule has 6 fully saturated rings. The highest BCUT2D eigenvalue weighted by Crippen LogP contribution is 2.77. The van der Waals surface area contributed by atoms with Crippen LogP contribution in [-0.4, -0.2) is 87.9 Å². The first-order valence-electron chi connectivity index (χ1n) is 23.0. The van der Waals surface area contributed by atoms with Gasteiger partial charge in [-0.05, 0) is 136 Å². The number of ketones is 1. The van der Waals surface area contributed by atoms with E-state index in [1.165, 1.54) is 5.57 Å². The van der Waals surface area contributed by atoms with Crippen LogP contribution in [0.2, 0.25) is 0 Å². The van der Waals surface area contributed by atoms with Crippen LogP contribution in [0.15, 0.2) is 11.1 Å². The molecule has 0 aromatic heterocycles. The van der Waals surface area contributed by atoms with Gasteiger partial charge in [-0.25, -0.2) is 0 Å². The van der Waals surface area contributed by atoms with Gasteiger partial charge in [0.1, 0.15) is 6.10 Å². The lowest BCUT2D eigenvalue weighted by molar-refractivity contribution is -0.235. The van der Waals surface area contributed by atoms with E-state index in [2.05, 4.69) is 48.5 Å². The molecule has 1 heterocycles. The molecule has 9 atom stereocenters. The van der Waals surface area contributed by atoms with E-state index in [9.17, 15) is 34.2 Å². The van der Waals surface area contributed by atoms with Crippen molar-refractivity contribution in [3.8, 4) is 0 Å². The summed E-state index contributed by atoms with van der Waals surface area (Å²) in [5.74, 6) is 0.0205. The Kier molecular flexibility index (Phi) is 11.2. The Morgan fingerprint density at radius 1 is 0.897 bits per heavy atom. The number of likely N-dealkylation sites (tertiary alicyclic amines) is 1. The Morgan fingerprint density at radius 3 is 2.21 bits per heavy atom. The summed E-state index contributed by atoms with van der Waals surface area (Å²) in [6.07, 6.45) is 10.9. The fourth-order valence-electron chi connectivity index (χ4n) is 14.7. The van der Waals surface area contributed by atoms with E-state index in [4.69, 9.17) is 4.74 Å². The number of hydrogen-bond donors (Lipinski definition) is 2. The second kappa shape index (κ2) is 15.0. The fraction of sp³-hybridized carbons (Fsp3) is 0.854. The van der Waals surface area contributed by atoms with Crippen LogP contribution in [0, 0.1) is 62.1 Å². The number of carbonyl (C=O) groups excluding carboxylic acids is 4. The third kappa shape index (κ3) is 6.80. The molecule has 0 aromatic carbocycles. The minimum atomic E-state index is -1.19. The number of allylic oxidation sites excluding steroid dienone is 1. The standard InChI is InChI=1S/C48H74N2O8/c1-29(2)40-32(51)24-48(35(52)27-50(26-30-12-10-13-30)38(54)28-49-23-11-14-37(49)53)22-21-46(8)31(41(40)48)15-16-34-45(7)19-18-36(58-39(55)25-43(3,4)42(56)57)44(5,6)33(45)17-20-47(34,46)9/h29-31,33-36,52H,10-28H2,1-9H3,(H,56,57)/t31-,33-,34-,35+,36+,45+,46-,47-,48+/m1/s1. The molecule has 7 aliphatic rings. The SMILES string of the molecule is CC(C)C1=C2[C@H]3CC[C@@H]4[C@@]5(C)CC[C@H](OC(=O)CC(C)(C)C(=O)O)C(C)(C)[C@H]5CC[C@@]4(C)[C@]3(C)CC[C@@]2([C@@H](O)CN(CC2CCC2)C(=O)CN2CCCC2=O)CC1=O. The van der Waals surface area contributed by atoms with Crippen LogP contribution >= 0.6 is 0 Å². The van der Waals surface area contributed by atoms with Crippen LogP contribution in [0.25, 0.3) is 0 Å². The first-order valence-corrected chi connectivity index (χ1v) is 23.0. The van der Waals surface area contributed by atoms with E-state index in [0.717, 1.165) is 76.2 Å². The minimum Gasteiger partial charge on any atom is -0.481 e. The number of carbonyl (C=O) groups is 5. The van der Waals surface area contributed by atoms with Crippen LogP contribution in [-0.2, 0) is 28.7 Å². The van der Waals surface area contributed by atoms with Crippen molar-refractivity contribution in [3.05, 3.63) is 11.1 Å². The van der Waals surface area contributed by atoms with Crippen molar-refractivity contribution in [3.63, 3.8) is 0 Å². The molecular weight excluding hydrogens is 733 g/mol. The molecule has 1 aliphatic heterocycles. The molecule has 0 unspecified atom stereocenters. The Balaban J connectivity index is 1.15. The van der Waals surface area contributed by atoms with E-state index in [1.807, 2.05) is 4.90 Å². The summed E-state index contributed by atoms with van der Waals surface area (Å²) in [4.78, 5) is 69.3. The van der Waals surface area contributed by atoms with Crippen molar-refractivity contribution in [2.24, 2.45) is 62.1 Å². The van der Waals surface area contributed by atoms with Gasteiger partial charge in [0.15, 0.2) is 5.78 Å². The highest BCUT2D eigenvalue weighted by atomic mass is 16.5. The Morgan fingerprint density at radius 2 is 1.60 bits per heavy atom. The normalized spacial score (nSPS) is 37.7. The number of Topliss-reactive ketones (excluding diaryl/α,β-unsaturated/α-hetero) is 1. The van der Waals surface area contributed by atoms with Crippen LogP contribution in [0.5, 0.6) is 0 Å². The third-order valence-electron chi connectivity index (χ3n) is 18.4. The van der Waals surface area contributed by atoms with Crippen molar-refractivity contribution in [2.45, 2.75) is 171 Å². The van der Waals surface area contributed by atoms with Gasteiger partial charge in [-0.1, -0.05) is 60.5 Å². The van der Waals surface area contributed by atoms with Crippen molar-refractivity contribution < 1.29 is 38.9 Å². The van der Waals surface area contributed by atoms with Gasteiger partial charge in [0, 0.05) is 43.3 Å². The van der Waals surface area contributed by atoms with Gasteiger partial charge in [0.2, 0.25) is 11.8 Å². The van der Waals surface area contributed by atoms with E-state index in [1.54, 1.807) is 18.7 Å². The van der Waals surface area contributed by atoms with Gasteiger partial charge >= 0.3 is 11.9 Å². The van der Waals surface area contributed by atoms with Crippen LogP contribution in [0.3, 0.4) is 0 Å². The number of rotatable bonds is 12. The number of aliphatic hydroxyl groups excluding tert-OH is 1. The zero-order valence-corrected chi connectivity index (χ0v) is 37.2. The predicted octanol–water partition coefficient (Wildman–Crippen LogP) is 7.99. The maximum atomic E-state index is 14.3. The van der Waals surface area contributed by atoms with Gasteiger partial charge in [0.25, 0.3) is 0 Å². The highest BCUT2D eigenvalue weighted by Gasteiger charge is 2.71. The number of aliphatic carboxylic acids is 1. The maximum Gasteiger partial charge on any atom is 0.309 e. The average molecular weight is 807 g/mol. The molecule has 10 nitrogen and oxygen atoms in total. The molecular formula is C48H74N2O8. The molecule has 2 amide bonds. The molecule has 58 heavy (non-hydrogen) atoms. The first kappa shape index (κ1) is 43.3. The van der Waals surface area contributed by atoms with Crippen molar-refractivity contribution in [1.29, 1.82) is 0 Å². The highest BCUT2D eigenvalue weighted by molar-refractivity contribution is 6.01. The lowest BCUT2D eigenvalue weighted by Crippen LogP contribution is -2.66. The van der Waals surface area contributed by atoms with Crippen molar-refractivity contribution in [2.75, 3.05) is 26.2 Å². The minimum absolute atomic E-state index is 0.0153. The van der Waals surface area contributed by atoms with E-state index < -0.39 is 28.9 Å². The zero-order chi connectivity index (χ0) is 42.4. The summed E-state index contributed by atoms with van der Waals surface area (Å²) in [5, 5.41) is 22.3. The number of carboxylic acids is 1. The largest absolute Gasteiger partial charge is 0.481 e. The number of amides is 2. The molecule has 0 spiro atoms. The monoisotopic (exact) mass is 807 g/mol. The van der Waals surface area contributed by atoms with Gasteiger partial charge in [-0.2, -0.15) is 0 Å². The van der Waals surface area contributed by atoms with Gasteiger partial charge < -0.3 is 24.7 Å². The predicted molar refractivity (Wildman–Crippen MR) is 221 cm³/mol. The van der Waals surface area contributed by atoms with E-state index >= 15 is 0 Å². The van der Waals surface area contributed by atoms with Crippen LogP contribution in [0.4, 0.5) is 0 Å². The van der Waals surface area contributed by atoms with Gasteiger partial charge in [-0.15, -0.1) is 0 Å². The quantitative estimate of drug-likeness (QED) is 0.189. The summed E-state index contributed by atoms with van der Waals surface area (Å²) in [6.45, 7) is 20.9. The summed E-state index contributed by atoms with van der Waals surface area (Å²) >= 11 is 0. The van der Waals surface area contributed by atoms with E-state index in [0.29, 0.717) is 50.1 Å². The number of ether oxygens (including phenoxy) is 1. The number of carboxylic acid groups (broad SMARTS) is 1. The van der Waals surface area contributed by atoms with Crippen molar-refractivity contribution >= 4 is 29.5 Å². The molecule has 0 bridgehead atoms. The Hall–Kier alpha value is -2.75. The lowest BCUT2D eigenvalue weighted by atomic mass is 9.33. The average Bonchev–Trinajstić information content (AvgIpc) is 3.66. The first-order chi connectivity index (χ1) is 27.0. The summed E-state index contributed by atoms with van der Waals surface area (Å²) < 4.78 is 6.18. The third-order valence-corrected chi connectivity index (χ3v) is 18.4. The molecule has 10 heteroatoms. The number of hydrogen-bond acceptors (Lipinski definition) is 7. The molecule has 0 radical (unpaired) electrons.